The van der Waals surface area contributed by atoms with Crippen molar-refractivity contribution in [2.24, 2.45) is 0 Å². The van der Waals surface area contributed by atoms with Crippen molar-refractivity contribution in [3.63, 3.8) is 0 Å². The number of hydrogen-bond acceptors (Lipinski definition) is 8. The average molecular weight is 664 g/mol. The summed E-state index contributed by atoms with van der Waals surface area (Å²) in [7, 11) is 29.9. The SMILES string of the molecule is BC(B)(Nc1cccc(C=O)c1C(B)(O)N(C)C1(B)CCC(=O)NC1=O)c1ccc(C(B)(B)N2C(B)(B)C(B)(B)OC(B)(B)C2(B)B)cc1F. The van der Waals surface area contributed by atoms with Gasteiger partial charge < -0.3 is 20.1 Å². The number of aliphatic hydroxyl groups is 1. The number of ether oxygens (including phenoxy) is 1. The molecule has 2 atom stereocenters. The molecule has 2 aromatic carbocycles. The number of rotatable bonds is 9. The van der Waals surface area contributed by atoms with Gasteiger partial charge in [-0.15, -0.1) is 0 Å². The molecule has 2 aliphatic rings. The van der Waals surface area contributed by atoms with Crippen LogP contribution in [-0.2, 0) is 30.6 Å². The Kier molecular flexibility index (Phi) is 10.3. The maximum absolute atomic E-state index is 16.5. The molecule has 50 heavy (non-hydrogen) atoms. The van der Waals surface area contributed by atoms with Gasteiger partial charge in [-0.25, -0.2) is 4.39 Å². The molecule has 248 valence electrons. The first kappa shape index (κ1) is 40.5. The number of nitrogens with one attached hydrogen (secondary N) is 2. The molecule has 0 radical (unpaired) electrons. The van der Waals surface area contributed by atoms with E-state index in [2.05, 4.69) is 94.0 Å². The number of aldehydes is 1. The van der Waals surface area contributed by atoms with Crippen LogP contribution in [0, 0.1) is 5.82 Å². The van der Waals surface area contributed by atoms with Gasteiger partial charge in [-0.05, 0) is 52.7 Å². The Morgan fingerprint density at radius 2 is 1.52 bits per heavy atom. The molecule has 3 N–H and O–H groups in total. The van der Waals surface area contributed by atoms with Crippen molar-refractivity contribution in [3.8, 4) is 0 Å². The summed E-state index contributed by atoms with van der Waals surface area (Å²) in [5, 5.41) is 14.4. The lowest BCUT2D eigenvalue weighted by Gasteiger charge is -2.72. The summed E-state index contributed by atoms with van der Waals surface area (Å²) in [4.78, 5) is 41.3. The zero-order valence-corrected chi connectivity index (χ0v) is 32.8. The van der Waals surface area contributed by atoms with Crippen molar-refractivity contribution in [3.05, 3.63) is 64.5 Å². The van der Waals surface area contributed by atoms with E-state index in [1.807, 2.05) is 21.8 Å². The predicted octanol–water partition coefficient (Wildman–Crippen LogP) is -13.1. The summed E-state index contributed by atoms with van der Waals surface area (Å²) in [6.07, 6.45) is 0.944. The van der Waals surface area contributed by atoms with Crippen molar-refractivity contribution >= 4 is 134 Å². The van der Waals surface area contributed by atoms with E-state index < -0.39 is 54.9 Å². The highest BCUT2D eigenvalue weighted by atomic mass is 19.1. The number of imide groups is 1. The zero-order valence-electron chi connectivity index (χ0n) is 32.8. The molecule has 2 aromatic rings. The Hall–Kier alpha value is -2.27. The van der Waals surface area contributed by atoms with Crippen LogP contribution in [0.25, 0.3) is 0 Å². The lowest BCUT2D eigenvalue weighted by molar-refractivity contribution is -0.147. The first-order valence-electron chi connectivity index (χ1n) is 17.5. The molecular weight excluding hydrogens is 619 g/mol. The fourth-order valence-electron chi connectivity index (χ4n) is 8.52. The minimum absolute atomic E-state index is 0.109. The number of likely N-dealkylation sites (N-methyl/N-ethyl adjacent to an activating group) is 1. The quantitative estimate of drug-likeness (QED) is 0.105. The second kappa shape index (κ2) is 12.7. The van der Waals surface area contributed by atoms with E-state index in [1.54, 1.807) is 45.2 Å². The van der Waals surface area contributed by atoms with Crippen molar-refractivity contribution in [1.29, 1.82) is 0 Å². The fourth-order valence-corrected chi connectivity index (χ4v) is 8.52. The molecule has 9 nitrogen and oxygen atoms in total. The van der Waals surface area contributed by atoms with Gasteiger partial charge >= 0.3 is 0 Å². The van der Waals surface area contributed by atoms with Crippen LogP contribution in [0.5, 0.6) is 0 Å². The molecule has 0 aliphatic carbocycles. The number of morpholine rings is 1. The second-order valence-electron chi connectivity index (χ2n) is 17.7. The third kappa shape index (κ3) is 6.38. The lowest BCUT2D eigenvalue weighted by atomic mass is 9.28. The van der Waals surface area contributed by atoms with Crippen LogP contribution in [0.3, 0.4) is 0 Å². The molecule has 2 aliphatic heterocycles. The first-order chi connectivity index (χ1) is 22.5. The molecular formula is C26H45B14FN4O5. The van der Waals surface area contributed by atoms with Crippen molar-refractivity contribution in [2.75, 3.05) is 12.4 Å². The third-order valence-corrected chi connectivity index (χ3v) is 12.6. The van der Waals surface area contributed by atoms with Crippen molar-refractivity contribution in [2.45, 2.75) is 56.1 Å². The molecule has 2 amide bonds. The fraction of sp³-hybridized carbons (Fsp3) is 0.423. The van der Waals surface area contributed by atoms with Gasteiger partial charge in [-0.1, -0.05) is 24.3 Å². The predicted molar refractivity (Wildman–Crippen MR) is 235 cm³/mol. The minimum atomic E-state index is -1.85. The van der Waals surface area contributed by atoms with Crippen molar-refractivity contribution < 1.29 is 28.6 Å². The first-order valence-corrected chi connectivity index (χ1v) is 17.5. The largest absolute Gasteiger partial charge is 0.403 e. The summed E-state index contributed by atoms with van der Waals surface area (Å²) in [5.74, 6) is -1.31. The normalized spacial score (nSPS) is 24.5. The van der Waals surface area contributed by atoms with Gasteiger partial charge in [0.1, 0.15) is 113 Å². The van der Waals surface area contributed by atoms with E-state index in [0.29, 0.717) is 17.5 Å². The zero-order chi connectivity index (χ0) is 38.3. The van der Waals surface area contributed by atoms with Gasteiger partial charge in [-0.3, -0.25) is 24.6 Å². The van der Waals surface area contributed by atoms with Crippen molar-refractivity contribution in [1.82, 2.24) is 15.1 Å². The maximum Gasteiger partial charge on any atom is 0.238 e. The number of amides is 2. The van der Waals surface area contributed by atoms with Crippen LogP contribution in [-0.4, -0.2) is 177 Å². The molecule has 24 heteroatoms. The number of carbonyl (C=O) groups excluding carboxylic acids is 3. The molecule has 4 rings (SSSR count). The smallest absolute Gasteiger partial charge is 0.238 e. The van der Waals surface area contributed by atoms with E-state index in [0.717, 1.165) is 5.56 Å². The van der Waals surface area contributed by atoms with Crippen LogP contribution in [0.4, 0.5) is 10.1 Å². The Labute approximate surface area is 309 Å². The molecule has 0 saturated carbocycles. The maximum atomic E-state index is 16.5. The minimum Gasteiger partial charge on any atom is -0.403 e. The Morgan fingerprint density at radius 3 is 2.02 bits per heavy atom. The number of benzene rings is 2. The summed E-state index contributed by atoms with van der Waals surface area (Å²) >= 11 is 0. The Bertz CT molecular complexity index is 1700. The standard InChI is InChI=1S/C26H45B14FN4O5/c1-44(19(27)8-7-16(47)42-18(19)48)22(32,49)17-11(10-46)3-2-4-15(17)43-20(28,29)13-6-5-12(9-14(13)41)21(30,31)45-23(33,34)25(37,38)50-26(39,40)24(45,35)36/h2-6,9-10,43,49H,7-8,27-40H2,1H3,(H,42,47,48). The number of piperidine rings is 1. The van der Waals surface area contributed by atoms with Gasteiger partial charge in [0, 0.05) is 39.4 Å². The lowest BCUT2D eigenvalue weighted by Crippen LogP contribution is -2.88. The monoisotopic (exact) mass is 666 g/mol. The second-order valence-corrected chi connectivity index (χ2v) is 17.7. The topological polar surface area (TPSA) is 111 Å². The summed E-state index contributed by atoms with van der Waals surface area (Å²) in [5.41, 5.74) is -1.05. The van der Waals surface area contributed by atoms with E-state index in [9.17, 15) is 19.5 Å². The Morgan fingerprint density at radius 1 is 0.960 bits per heavy atom. The molecule has 2 fully saturated rings. The van der Waals surface area contributed by atoms with Gasteiger partial charge in [0.05, 0.1) is 5.44 Å². The molecule has 0 spiro atoms. The van der Waals surface area contributed by atoms with E-state index in [-0.39, 0.29) is 29.9 Å². The molecule has 2 saturated heterocycles. The van der Waals surface area contributed by atoms with Crippen LogP contribution < -0.4 is 10.6 Å². The number of nitrogens with zero attached hydrogens (tertiary/aromatic N) is 2. The van der Waals surface area contributed by atoms with E-state index >= 15 is 4.39 Å². The van der Waals surface area contributed by atoms with Gasteiger partial charge in [0.2, 0.25) is 11.8 Å². The Balaban J connectivity index is 1.76. The highest BCUT2D eigenvalue weighted by molar-refractivity contribution is 6.60. The average Bonchev–Trinajstić information content (AvgIpc) is 2.96. The highest BCUT2D eigenvalue weighted by Gasteiger charge is 2.61. The van der Waals surface area contributed by atoms with Crippen LogP contribution in [0.2, 0.25) is 0 Å². The van der Waals surface area contributed by atoms with Gasteiger partial charge in [0.25, 0.3) is 0 Å². The molecule has 0 aromatic heterocycles. The molecule has 2 heterocycles. The van der Waals surface area contributed by atoms with Gasteiger partial charge in [-0.2, -0.15) is 0 Å². The number of carbonyl (C=O) groups is 3. The van der Waals surface area contributed by atoms with E-state index in [1.165, 1.54) is 12.7 Å². The summed E-state index contributed by atoms with van der Waals surface area (Å²) in [6, 6.07) is 10.4. The summed E-state index contributed by atoms with van der Waals surface area (Å²) in [6.45, 7) is 0. The van der Waals surface area contributed by atoms with E-state index in [4.69, 9.17) is 4.74 Å². The van der Waals surface area contributed by atoms with Crippen LogP contribution >= 0.6 is 0 Å². The number of halogens is 1. The molecule has 0 bridgehead atoms. The highest BCUT2D eigenvalue weighted by Crippen LogP contribution is 2.46. The third-order valence-electron chi connectivity index (χ3n) is 12.6. The summed E-state index contributed by atoms with van der Waals surface area (Å²) < 4.78 is 23.3. The molecule has 2 unspecified atom stereocenters. The number of hydrogen-bond donors (Lipinski definition) is 3. The van der Waals surface area contributed by atoms with Crippen LogP contribution in [0.15, 0.2) is 36.4 Å². The number of anilines is 1. The van der Waals surface area contributed by atoms with Crippen LogP contribution in [0.1, 0.15) is 39.9 Å². The van der Waals surface area contributed by atoms with Gasteiger partial charge in [0.15, 0.2) is 14.1 Å².